The molecule has 0 bridgehead atoms. The molecule has 2 rings (SSSR count). The zero-order valence-electron chi connectivity index (χ0n) is 9.75. The maximum atomic E-state index is 12.0. The number of aromatic nitrogens is 1. The van der Waals surface area contributed by atoms with Crippen LogP contribution in [0.15, 0.2) is 39.9 Å². The van der Waals surface area contributed by atoms with Crippen LogP contribution in [-0.4, -0.2) is 13.6 Å². The number of rotatable bonds is 4. The molecule has 2 aromatic rings. The second-order valence-electron chi connectivity index (χ2n) is 3.89. The fourth-order valence-electron chi connectivity index (χ4n) is 1.51. The molecule has 1 aromatic carbocycles. The summed E-state index contributed by atoms with van der Waals surface area (Å²) >= 11 is 0. The van der Waals surface area contributed by atoms with Crippen LogP contribution in [-0.2, 0) is 16.6 Å². The van der Waals surface area contributed by atoms with E-state index in [9.17, 15) is 8.42 Å². The van der Waals surface area contributed by atoms with Gasteiger partial charge in [0.2, 0.25) is 10.0 Å². The quantitative estimate of drug-likeness (QED) is 0.807. The summed E-state index contributed by atoms with van der Waals surface area (Å²) in [5.41, 5.74) is 7.34. The van der Waals surface area contributed by atoms with Crippen molar-refractivity contribution >= 4 is 15.7 Å². The highest BCUT2D eigenvalue weighted by Gasteiger charge is 2.15. The summed E-state index contributed by atoms with van der Waals surface area (Å²) in [5.74, 6) is 0. The monoisotopic (exact) mass is 267 g/mol. The number of aryl methyl sites for hydroxylation is 1. The predicted octanol–water partition coefficient (Wildman–Crippen LogP) is 1.04. The van der Waals surface area contributed by atoms with E-state index in [0.29, 0.717) is 11.4 Å². The molecule has 7 heteroatoms. The molecule has 0 saturated carbocycles. The van der Waals surface area contributed by atoms with E-state index in [-0.39, 0.29) is 11.4 Å². The maximum Gasteiger partial charge on any atom is 0.241 e. The summed E-state index contributed by atoms with van der Waals surface area (Å²) in [5, 5.41) is 3.62. The largest absolute Gasteiger partial charge is 0.399 e. The van der Waals surface area contributed by atoms with Gasteiger partial charge in [-0.1, -0.05) is 5.16 Å². The van der Waals surface area contributed by atoms with Crippen molar-refractivity contribution in [2.45, 2.75) is 18.4 Å². The van der Waals surface area contributed by atoms with Crippen LogP contribution in [0.4, 0.5) is 5.69 Å². The molecule has 1 heterocycles. The third-order valence-corrected chi connectivity index (χ3v) is 3.70. The van der Waals surface area contributed by atoms with E-state index in [2.05, 4.69) is 14.4 Å². The van der Waals surface area contributed by atoms with Gasteiger partial charge in [-0.05, 0) is 30.7 Å². The van der Waals surface area contributed by atoms with E-state index >= 15 is 0 Å². The zero-order valence-corrected chi connectivity index (χ0v) is 10.6. The van der Waals surface area contributed by atoms with Crippen LogP contribution >= 0.6 is 0 Å². The maximum absolute atomic E-state index is 12.0. The Labute approximate surface area is 105 Å². The van der Waals surface area contributed by atoms with Crippen LogP contribution in [0.1, 0.15) is 11.3 Å². The van der Waals surface area contributed by atoms with Gasteiger partial charge in [-0.15, -0.1) is 0 Å². The van der Waals surface area contributed by atoms with Crippen LogP contribution in [0.2, 0.25) is 0 Å². The molecule has 6 nitrogen and oxygen atoms in total. The minimum absolute atomic E-state index is 0.0761. The van der Waals surface area contributed by atoms with Crippen molar-refractivity contribution in [1.82, 2.24) is 9.88 Å². The SMILES string of the molecule is Cc1cc(N)cc(S(=O)(=O)NCc2ccon2)c1. The van der Waals surface area contributed by atoms with Gasteiger partial charge in [0.25, 0.3) is 0 Å². The lowest BCUT2D eigenvalue weighted by atomic mass is 10.2. The number of hydrogen-bond acceptors (Lipinski definition) is 5. The molecule has 0 amide bonds. The number of anilines is 1. The van der Waals surface area contributed by atoms with Gasteiger partial charge in [0, 0.05) is 11.8 Å². The van der Waals surface area contributed by atoms with Crippen LogP contribution in [0.25, 0.3) is 0 Å². The first-order chi connectivity index (χ1) is 8.47. The Hall–Kier alpha value is -1.86. The normalized spacial score (nSPS) is 11.6. The highest BCUT2D eigenvalue weighted by molar-refractivity contribution is 7.89. The molecule has 18 heavy (non-hydrogen) atoms. The molecule has 3 N–H and O–H groups in total. The second-order valence-corrected chi connectivity index (χ2v) is 5.66. The van der Waals surface area contributed by atoms with E-state index in [1.54, 1.807) is 25.1 Å². The van der Waals surface area contributed by atoms with Crippen LogP contribution in [0, 0.1) is 6.92 Å². The van der Waals surface area contributed by atoms with Crippen LogP contribution < -0.4 is 10.5 Å². The lowest BCUT2D eigenvalue weighted by Crippen LogP contribution is -2.23. The van der Waals surface area contributed by atoms with Gasteiger partial charge in [0.1, 0.15) is 6.26 Å². The second kappa shape index (κ2) is 4.79. The Morgan fingerprint density at radius 3 is 2.78 bits per heavy atom. The third kappa shape index (κ3) is 2.88. The predicted molar refractivity (Wildman–Crippen MR) is 66.1 cm³/mol. The number of sulfonamides is 1. The highest BCUT2D eigenvalue weighted by Crippen LogP contribution is 2.16. The molecular weight excluding hydrogens is 254 g/mol. The van der Waals surface area contributed by atoms with Gasteiger partial charge in [-0.2, -0.15) is 0 Å². The summed E-state index contributed by atoms with van der Waals surface area (Å²) in [6.45, 7) is 1.86. The van der Waals surface area contributed by atoms with E-state index in [1.165, 1.54) is 12.3 Å². The van der Waals surface area contributed by atoms with Gasteiger partial charge < -0.3 is 10.3 Å². The van der Waals surface area contributed by atoms with Crippen molar-refractivity contribution in [3.63, 3.8) is 0 Å². The van der Waals surface area contributed by atoms with Gasteiger partial charge in [0.05, 0.1) is 17.1 Å². The van der Waals surface area contributed by atoms with Crippen molar-refractivity contribution < 1.29 is 12.9 Å². The Morgan fingerprint density at radius 1 is 1.39 bits per heavy atom. The average molecular weight is 267 g/mol. The first-order valence-corrected chi connectivity index (χ1v) is 6.72. The van der Waals surface area contributed by atoms with Gasteiger partial charge in [0.15, 0.2) is 0 Å². The number of nitrogen functional groups attached to an aromatic ring is 1. The number of nitrogens with zero attached hydrogens (tertiary/aromatic N) is 1. The summed E-state index contributed by atoms with van der Waals surface area (Å²) in [6, 6.07) is 6.27. The number of hydrogen-bond donors (Lipinski definition) is 2. The molecule has 0 aliphatic carbocycles. The summed E-state index contributed by atoms with van der Waals surface area (Å²) in [6.07, 6.45) is 1.38. The van der Waals surface area contributed by atoms with Gasteiger partial charge in [-0.25, -0.2) is 13.1 Å². The summed E-state index contributed by atoms with van der Waals surface area (Å²) in [7, 11) is -3.59. The lowest BCUT2D eigenvalue weighted by Gasteiger charge is -2.07. The molecule has 0 saturated heterocycles. The van der Waals surface area contributed by atoms with Crippen molar-refractivity contribution in [2.24, 2.45) is 0 Å². The van der Waals surface area contributed by atoms with Gasteiger partial charge >= 0.3 is 0 Å². The van der Waals surface area contributed by atoms with Crippen LogP contribution in [0.5, 0.6) is 0 Å². The summed E-state index contributed by atoms with van der Waals surface area (Å²) in [4.78, 5) is 0.142. The highest BCUT2D eigenvalue weighted by atomic mass is 32.2. The average Bonchev–Trinajstić information content (AvgIpc) is 2.78. The first-order valence-electron chi connectivity index (χ1n) is 5.23. The Kier molecular flexibility index (Phi) is 3.35. The lowest BCUT2D eigenvalue weighted by molar-refractivity contribution is 0.411. The Morgan fingerprint density at radius 2 is 2.17 bits per heavy atom. The zero-order chi connectivity index (χ0) is 13.2. The minimum Gasteiger partial charge on any atom is -0.399 e. The van der Waals surface area contributed by atoms with E-state index in [0.717, 1.165) is 5.56 Å². The molecule has 1 aromatic heterocycles. The topological polar surface area (TPSA) is 98.2 Å². The van der Waals surface area contributed by atoms with E-state index in [1.807, 2.05) is 0 Å². The first kappa shape index (κ1) is 12.6. The minimum atomic E-state index is -3.59. The molecule has 0 aliphatic heterocycles. The number of nitrogens with two attached hydrogens (primary N) is 1. The number of benzene rings is 1. The molecular formula is C11H13N3O3S. The van der Waals surface area contributed by atoms with Crippen molar-refractivity contribution in [2.75, 3.05) is 5.73 Å². The summed E-state index contributed by atoms with van der Waals surface area (Å²) < 4.78 is 31.1. The van der Waals surface area contributed by atoms with E-state index < -0.39 is 10.0 Å². The van der Waals surface area contributed by atoms with Crippen molar-refractivity contribution in [3.05, 3.63) is 41.8 Å². The molecule has 0 aliphatic rings. The Bertz CT molecular complexity index is 615. The molecule has 0 unspecified atom stereocenters. The fraction of sp³-hybridized carbons (Fsp3) is 0.182. The molecule has 96 valence electrons. The smallest absolute Gasteiger partial charge is 0.241 e. The van der Waals surface area contributed by atoms with Crippen molar-refractivity contribution in [1.29, 1.82) is 0 Å². The third-order valence-electron chi connectivity index (χ3n) is 2.32. The van der Waals surface area contributed by atoms with Gasteiger partial charge in [-0.3, -0.25) is 0 Å². The molecule has 0 spiro atoms. The fourth-order valence-corrected chi connectivity index (χ4v) is 2.65. The van der Waals surface area contributed by atoms with Crippen molar-refractivity contribution in [3.8, 4) is 0 Å². The molecule has 0 fully saturated rings. The van der Waals surface area contributed by atoms with E-state index in [4.69, 9.17) is 5.73 Å². The standard InChI is InChI=1S/C11H13N3O3S/c1-8-4-9(12)6-11(5-8)18(15,16)13-7-10-2-3-17-14-10/h2-6,13H,7,12H2,1H3. The molecule has 0 radical (unpaired) electrons. The number of nitrogens with one attached hydrogen (secondary N) is 1. The van der Waals surface area contributed by atoms with Crippen LogP contribution in [0.3, 0.4) is 0 Å². The molecule has 0 atom stereocenters. The Balaban J connectivity index is 2.20.